The van der Waals surface area contributed by atoms with Crippen LogP contribution >= 0.6 is 0 Å². The number of benzene rings is 5. The van der Waals surface area contributed by atoms with Gasteiger partial charge >= 0.3 is 11.2 Å². The molecule has 5 aromatic carbocycles. The van der Waals surface area contributed by atoms with Gasteiger partial charge in [0.05, 0.1) is 39.2 Å². The number of fused-ring (bicyclic) bond motifs is 4. The topological polar surface area (TPSA) is 57.5 Å². The van der Waals surface area contributed by atoms with Gasteiger partial charge in [0.2, 0.25) is 10.0 Å². The Hall–Kier alpha value is -6.80. The summed E-state index contributed by atoms with van der Waals surface area (Å²) in [6, 6.07) is 54.1. The molecule has 0 radical (unpaired) electrons. The Morgan fingerprint density at radius 3 is 1.48 bits per heavy atom. The average molecular weight is 815 g/mol. The molecule has 0 atom stereocenters. The summed E-state index contributed by atoms with van der Waals surface area (Å²) in [6.07, 6.45) is 7.01. The molecule has 5 aromatic heterocycles. The van der Waals surface area contributed by atoms with Crippen molar-refractivity contribution in [1.82, 2.24) is 13.1 Å². The third-order valence-electron chi connectivity index (χ3n) is 12.7. The van der Waals surface area contributed by atoms with E-state index in [9.17, 15) is 8.42 Å². The van der Waals surface area contributed by atoms with Crippen molar-refractivity contribution in [2.75, 3.05) is 13.1 Å². The molecule has 7 heteroatoms. The van der Waals surface area contributed by atoms with E-state index in [1.807, 2.05) is 30.3 Å². The predicted octanol–water partition coefficient (Wildman–Crippen LogP) is 13.5. The number of pyridine rings is 2. The van der Waals surface area contributed by atoms with E-state index >= 15 is 0 Å². The van der Waals surface area contributed by atoms with E-state index in [0.29, 0.717) is 34.7 Å². The van der Waals surface area contributed by atoms with Gasteiger partial charge in [0.15, 0.2) is 0 Å². The lowest BCUT2D eigenvalue weighted by molar-refractivity contribution is 0.347. The van der Waals surface area contributed by atoms with E-state index < -0.39 is 10.0 Å². The first-order valence-corrected chi connectivity index (χ1v) is 22.6. The van der Waals surface area contributed by atoms with Gasteiger partial charge in [-0.05, 0) is 91.4 Å². The highest BCUT2D eigenvalue weighted by Crippen LogP contribution is 2.46. The van der Waals surface area contributed by atoms with Gasteiger partial charge in [-0.25, -0.2) is 12.8 Å². The van der Waals surface area contributed by atoms with Crippen molar-refractivity contribution in [3.63, 3.8) is 0 Å². The molecule has 6 heterocycles. The number of nitrogens with zero attached hydrogens (tertiary/aromatic N) is 3. The van der Waals surface area contributed by atoms with Crippen molar-refractivity contribution in [3.8, 4) is 55.9 Å². The zero-order chi connectivity index (χ0) is 41.2. The quantitative estimate of drug-likeness (QED) is 0.119. The molecule has 0 unspecified atom stereocenters. The second-order valence-electron chi connectivity index (χ2n) is 16.2. The summed E-state index contributed by atoms with van der Waals surface area (Å²) in [5.74, 6) is 0. The SMILES string of the molecule is Cc1c(-c2ccccc2)c(-c2ccc3c(-c4ccccc4S(=O)(=O)N4CCCCC4)c4ccc(-c5c(-c6ccccc6)c(C)c6ccccn56)cc4[o+]c3c2)n2ccccc12. The number of hydrogen-bond acceptors (Lipinski definition) is 2. The molecule has 61 heavy (non-hydrogen) atoms. The van der Waals surface area contributed by atoms with Crippen LogP contribution < -0.4 is 0 Å². The zero-order valence-electron chi connectivity index (χ0n) is 34.2. The molecule has 0 aliphatic carbocycles. The van der Waals surface area contributed by atoms with Crippen LogP contribution in [0.3, 0.4) is 0 Å². The summed E-state index contributed by atoms with van der Waals surface area (Å²) in [5, 5.41) is 1.69. The fourth-order valence-electron chi connectivity index (χ4n) is 9.84. The van der Waals surface area contributed by atoms with Gasteiger partial charge in [-0.1, -0.05) is 110 Å². The monoisotopic (exact) mass is 814 g/mol. The third-order valence-corrected chi connectivity index (χ3v) is 14.6. The fraction of sp³-hybridized carbons (Fsp3) is 0.130. The van der Waals surface area contributed by atoms with Crippen molar-refractivity contribution >= 4 is 43.0 Å². The van der Waals surface area contributed by atoms with Crippen LogP contribution in [0, 0.1) is 13.8 Å². The maximum Gasteiger partial charge on any atom is 0.362 e. The van der Waals surface area contributed by atoms with Crippen molar-refractivity contribution in [2.24, 2.45) is 0 Å². The van der Waals surface area contributed by atoms with Gasteiger partial charge < -0.3 is 8.80 Å². The molecule has 0 bridgehead atoms. The Morgan fingerprint density at radius 2 is 0.951 bits per heavy atom. The summed E-state index contributed by atoms with van der Waals surface area (Å²) < 4.78 is 42.6. The van der Waals surface area contributed by atoms with E-state index in [0.717, 1.165) is 91.4 Å². The summed E-state index contributed by atoms with van der Waals surface area (Å²) >= 11 is 0. The average Bonchev–Trinajstić information content (AvgIpc) is 3.79. The van der Waals surface area contributed by atoms with Gasteiger partial charge in [-0.15, -0.1) is 0 Å². The molecule has 0 N–H and O–H groups in total. The van der Waals surface area contributed by atoms with E-state index in [1.165, 1.54) is 11.1 Å². The van der Waals surface area contributed by atoms with Gasteiger partial charge in [-0.3, -0.25) is 0 Å². The number of aromatic nitrogens is 2. The fourth-order valence-corrected chi connectivity index (χ4v) is 11.6. The van der Waals surface area contributed by atoms with Crippen LogP contribution in [0.25, 0.3) is 88.9 Å². The molecular formula is C54H44N3O3S+. The molecule has 1 aliphatic heterocycles. The Bertz CT molecular complexity index is 3250. The molecular weight excluding hydrogens is 771 g/mol. The number of piperidine rings is 1. The first kappa shape index (κ1) is 37.2. The molecule has 1 saturated heterocycles. The van der Waals surface area contributed by atoms with Crippen LogP contribution in [0.5, 0.6) is 0 Å². The zero-order valence-corrected chi connectivity index (χ0v) is 35.0. The highest BCUT2D eigenvalue weighted by molar-refractivity contribution is 7.89. The highest BCUT2D eigenvalue weighted by atomic mass is 32.2. The minimum atomic E-state index is -3.80. The predicted molar refractivity (Wildman–Crippen MR) is 249 cm³/mol. The van der Waals surface area contributed by atoms with Crippen LogP contribution in [0.15, 0.2) is 179 Å². The molecule has 1 fully saturated rings. The number of hydrogen-bond donors (Lipinski definition) is 0. The second-order valence-corrected chi connectivity index (χ2v) is 18.1. The Labute approximate surface area is 355 Å². The van der Waals surface area contributed by atoms with E-state index in [4.69, 9.17) is 4.42 Å². The lowest BCUT2D eigenvalue weighted by Gasteiger charge is -2.27. The molecule has 298 valence electrons. The van der Waals surface area contributed by atoms with Crippen molar-refractivity contribution < 1.29 is 12.8 Å². The molecule has 10 aromatic rings. The van der Waals surface area contributed by atoms with Crippen LogP contribution in [0.1, 0.15) is 30.4 Å². The van der Waals surface area contributed by atoms with E-state index in [1.54, 1.807) is 10.4 Å². The number of sulfonamides is 1. The molecule has 1 aliphatic rings. The molecule has 0 amide bonds. The standard InChI is InChI=1S/C54H44N3O3S/c1-36-45-23-12-16-32-56(45)53(50(36)38-18-6-3-7-19-38)40-26-28-42-47(34-40)60-48-35-41(54-51(39-20-8-4-9-21-39)37(2)46-24-13-17-33-57(46)54)27-29-43(48)52(42)44-22-10-11-25-49(44)61(58,59)55-30-14-5-15-31-55/h3-4,6-13,16-29,32-35H,5,14-15,30-31H2,1-2H3/q+1. The third kappa shape index (κ3) is 6.02. The van der Waals surface area contributed by atoms with Crippen molar-refractivity contribution in [2.45, 2.75) is 38.0 Å². The second kappa shape index (κ2) is 14.7. The molecule has 0 spiro atoms. The van der Waals surface area contributed by atoms with Gasteiger partial charge in [0.25, 0.3) is 0 Å². The lowest BCUT2D eigenvalue weighted by atomic mass is 9.93. The highest BCUT2D eigenvalue weighted by Gasteiger charge is 2.32. The molecule has 0 saturated carbocycles. The Balaban J connectivity index is 1.21. The number of rotatable bonds is 7. The largest absolute Gasteiger partial charge is 0.362 e. The minimum Gasteiger partial charge on any atom is -0.316 e. The van der Waals surface area contributed by atoms with Gasteiger partial charge in [0.1, 0.15) is 0 Å². The van der Waals surface area contributed by atoms with Crippen LogP contribution in [0.4, 0.5) is 0 Å². The number of aryl methyl sites for hydroxylation is 2. The molecule has 11 rings (SSSR count). The Kier molecular flexibility index (Phi) is 8.99. The first-order valence-electron chi connectivity index (χ1n) is 21.1. The van der Waals surface area contributed by atoms with Gasteiger partial charge in [0, 0.05) is 69.9 Å². The maximum absolute atomic E-state index is 14.6. The first-order chi connectivity index (χ1) is 29.9. The van der Waals surface area contributed by atoms with Crippen LogP contribution in [-0.4, -0.2) is 34.6 Å². The maximum atomic E-state index is 14.6. The summed E-state index contributed by atoms with van der Waals surface area (Å²) in [7, 11) is -3.80. The van der Waals surface area contributed by atoms with Crippen molar-refractivity contribution in [3.05, 3.63) is 181 Å². The van der Waals surface area contributed by atoms with Crippen molar-refractivity contribution in [1.29, 1.82) is 0 Å². The minimum absolute atomic E-state index is 0.318. The smallest absolute Gasteiger partial charge is 0.316 e. The Morgan fingerprint density at radius 1 is 0.475 bits per heavy atom. The van der Waals surface area contributed by atoms with Crippen LogP contribution in [-0.2, 0) is 10.0 Å². The van der Waals surface area contributed by atoms with E-state index in [2.05, 4.69) is 156 Å². The summed E-state index contributed by atoms with van der Waals surface area (Å²) in [6.45, 7) is 5.43. The van der Waals surface area contributed by atoms with Gasteiger partial charge in [-0.2, -0.15) is 4.31 Å². The summed E-state index contributed by atoms with van der Waals surface area (Å²) in [4.78, 5) is 0.318. The van der Waals surface area contributed by atoms with Crippen LogP contribution in [0.2, 0.25) is 0 Å². The normalized spacial score (nSPS) is 13.8. The molecule has 6 nitrogen and oxygen atoms in total. The lowest BCUT2D eigenvalue weighted by Crippen LogP contribution is -2.35. The summed E-state index contributed by atoms with van der Waals surface area (Å²) in [5.41, 5.74) is 16.3. The van der Waals surface area contributed by atoms with E-state index in [-0.39, 0.29) is 0 Å².